The minimum absolute atomic E-state index is 0.528. The lowest BCUT2D eigenvalue weighted by Crippen LogP contribution is -2.41. The SMILES string of the molecule is N#CC1(C#N)[C@@H]2c3ccccc3C=CN2[C@@H](C(N)=O)[C@@H]1c1cccs1. The zero-order chi connectivity index (χ0) is 17.6. The summed E-state index contributed by atoms with van der Waals surface area (Å²) >= 11 is 1.44. The largest absolute Gasteiger partial charge is 0.368 e. The number of benzene rings is 1. The second-order valence-electron chi connectivity index (χ2n) is 6.23. The summed E-state index contributed by atoms with van der Waals surface area (Å²) in [5, 5.41) is 22.0. The second kappa shape index (κ2) is 5.47. The number of carbonyl (C=O) groups excluding carboxylic acids is 1. The van der Waals surface area contributed by atoms with Gasteiger partial charge in [-0.05, 0) is 28.6 Å². The van der Waals surface area contributed by atoms with Crippen LogP contribution in [0.1, 0.15) is 28.0 Å². The van der Waals surface area contributed by atoms with E-state index in [2.05, 4.69) is 12.1 Å². The topological polar surface area (TPSA) is 93.9 Å². The minimum atomic E-state index is -1.40. The van der Waals surface area contributed by atoms with E-state index in [1.165, 1.54) is 11.3 Å². The van der Waals surface area contributed by atoms with Crippen molar-refractivity contribution in [2.45, 2.75) is 18.0 Å². The standard InChI is InChI=1S/C19H14N4OS/c20-10-19(11-21)15(14-6-3-9-25-14)16(18(22)24)23-8-7-12-4-1-2-5-13(12)17(19)23/h1-9,15-17H,(H2,22,24)/t15-,16+,17-/m0/s1. The third kappa shape index (κ3) is 1.95. The Hall–Kier alpha value is -3.09. The van der Waals surface area contributed by atoms with Crippen molar-refractivity contribution in [2.75, 3.05) is 0 Å². The van der Waals surface area contributed by atoms with Gasteiger partial charge in [-0.2, -0.15) is 10.5 Å². The Labute approximate surface area is 149 Å². The summed E-state index contributed by atoms with van der Waals surface area (Å²) in [6.45, 7) is 0. The molecule has 0 unspecified atom stereocenters. The van der Waals surface area contributed by atoms with Crippen molar-refractivity contribution in [2.24, 2.45) is 11.1 Å². The molecule has 0 aliphatic carbocycles. The Morgan fingerprint density at radius 3 is 2.60 bits per heavy atom. The van der Waals surface area contributed by atoms with Gasteiger partial charge < -0.3 is 10.6 Å². The Morgan fingerprint density at radius 1 is 1.20 bits per heavy atom. The van der Waals surface area contributed by atoms with E-state index >= 15 is 0 Å². The van der Waals surface area contributed by atoms with Gasteiger partial charge in [-0.15, -0.1) is 11.3 Å². The number of amides is 1. The molecule has 2 aliphatic rings. The maximum absolute atomic E-state index is 12.3. The van der Waals surface area contributed by atoms with Gasteiger partial charge in [0, 0.05) is 11.1 Å². The molecule has 3 atom stereocenters. The molecule has 1 amide bonds. The highest BCUT2D eigenvalue weighted by molar-refractivity contribution is 7.10. The van der Waals surface area contributed by atoms with Crippen molar-refractivity contribution in [1.82, 2.24) is 4.90 Å². The van der Waals surface area contributed by atoms with Gasteiger partial charge in [0.1, 0.15) is 6.04 Å². The van der Waals surface area contributed by atoms with Crippen LogP contribution in [-0.4, -0.2) is 16.8 Å². The van der Waals surface area contributed by atoms with Gasteiger partial charge in [-0.25, -0.2) is 0 Å². The molecular formula is C19H14N4OS. The lowest BCUT2D eigenvalue weighted by atomic mass is 9.70. The first-order valence-corrected chi connectivity index (χ1v) is 8.72. The Balaban J connectivity index is 2.02. The van der Waals surface area contributed by atoms with Crippen LogP contribution in [0, 0.1) is 28.1 Å². The number of thiophene rings is 1. The van der Waals surface area contributed by atoms with Crippen LogP contribution in [0.2, 0.25) is 0 Å². The fraction of sp³-hybridized carbons (Fsp3) is 0.211. The van der Waals surface area contributed by atoms with Crippen LogP contribution in [0.15, 0.2) is 48.0 Å². The van der Waals surface area contributed by atoms with Crippen LogP contribution >= 0.6 is 11.3 Å². The Bertz CT molecular complexity index is 937. The fourth-order valence-corrected chi connectivity index (χ4v) is 5.03. The molecule has 1 aromatic heterocycles. The van der Waals surface area contributed by atoms with E-state index in [1.807, 2.05) is 47.9 Å². The van der Waals surface area contributed by atoms with E-state index in [1.54, 1.807) is 11.1 Å². The summed E-state index contributed by atoms with van der Waals surface area (Å²) in [6.07, 6.45) is 3.69. The Kier molecular flexibility index (Phi) is 3.38. The van der Waals surface area contributed by atoms with Crippen molar-refractivity contribution in [3.05, 3.63) is 64.0 Å². The smallest absolute Gasteiger partial charge is 0.240 e. The van der Waals surface area contributed by atoms with E-state index in [-0.39, 0.29) is 0 Å². The number of fused-ring (bicyclic) bond motifs is 3. The highest BCUT2D eigenvalue weighted by Gasteiger charge is 2.63. The fourth-order valence-electron chi connectivity index (χ4n) is 4.10. The average molecular weight is 346 g/mol. The number of hydrogen-bond donors (Lipinski definition) is 1. The second-order valence-corrected chi connectivity index (χ2v) is 7.21. The molecule has 0 spiro atoms. The zero-order valence-electron chi connectivity index (χ0n) is 13.2. The van der Waals surface area contributed by atoms with Crippen molar-refractivity contribution in [3.8, 4) is 12.1 Å². The maximum Gasteiger partial charge on any atom is 0.240 e. The third-order valence-electron chi connectivity index (χ3n) is 5.08. The highest BCUT2D eigenvalue weighted by Crippen LogP contribution is 2.59. The van der Waals surface area contributed by atoms with Crippen LogP contribution in [0.5, 0.6) is 0 Å². The summed E-state index contributed by atoms with van der Waals surface area (Å²) in [6, 6.07) is 14.6. The van der Waals surface area contributed by atoms with Gasteiger partial charge in [0.05, 0.1) is 24.1 Å². The number of hydrogen-bond acceptors (Lipinski definition) is 5. The summed E-state index contributed by atoms with van der Waals surface area (Å²) < 4.78 is 0. The average Bonchev–Trinajstić information content (AvgIpc) is 3.25. The predicted octanol–water partition coefficient (Wildman–Crippen LogP) is 2.76. The van der Waals surface area contributed by atoms with E-state index < -0.39 is 29.3 Å². The molecule has 0 bridgehead atoms. The number of carbonyl (C=O) groups is 1. The van der Waals surface area contributed by atoms with Crippen molar-refractivity contribution in [3.63, 3.8) is 0 Å². The summed E-state index contributed by atoms with van der Waals surface area (Å²) in [7, 11) is 0. The third-order valence-corrected chi connectivity index (χ3v) is 6.04. The summed E-state index contributed by atoms with van der Waals surface area (Å²) in [5.41, 5.74) is 6.15. The molecule has 1 fully saturated rings. The molecule has 2 aromatic rings. The lowest BCUT2D eigenvalue weighted by Gasteiger charge is -2.34. The van der Waals surface area contributed by atoms with Crippen LogP contribution in [0.25, 0.3) is 6.08 Å². The predicted molar refractivity (Wildman–Crippen MR) is 93.8 cm³/mol. The highest BCUT2D eigenvalue weighted by atomic mass is 32.1. The molecule has 4 rings (SSSR count). The molecule has 0 saturated carbocycles. The molecule has 1 aromatic carbocycles. The Morgan fingerprint density at radius 2 is 1.96 bits per heavy atom. The van der Waals surface area contributed by atoms with Gasteiger partial charge in [-0.1, -0.05) is 30.3 Å². The summed E-state index contributed by atoms with van der Waals surface area (Å²) in [5.74, 6) is -1.12. The number of nitrogens with two attached hydrogens (primary N) is 1. The summed E-state index contributed by atoms with van der Waals surface area (Å²) in [4.78, 5) is 14.9. The molecule has 25 heavy (non-hydrogen) atoms. The van der Waals surface area contributed by atoms with Crippen molar-refractivity contribution < 1.29 is 4.79 Å². The number of primary amides is 1. The van der Waals surface area contributed by atoms with Gasteiger partial charge in [0.25, 0.3) is 0 Å². The molecule has 122 valence electrons. The number of rotatable bonds is 2. The minimum Gasteiger partial charge on any atom is -0.368 e. The first kappa shape index (κ1) is 15.4. The van der Waals surface area contributed by atoms with Crippen LogP contribution < -0.4 is 5.73 Å². The normalized spacial score (nSPS) is 25.5. The number of nitriles is 2. The zero-order valence-corrected chi connectivity index (χ0v) is 14.0. The van der Waals surface area contributed by atoms with Crippen LogP contribution in [0.3, 0.4) is 0 Å². The van der Waals surface area contributed by atoms with Crippen LogP contribution in [-0.2, 0) is 4.79 Å². The van der Waals surface area contributed by atoms with E-state index in [0.29, 0.717) is 0 Å². The molecule has 6 heteroatoms. The molecule has 2 aliphatic heterocycles. The van der Waals surface area contributed by atoms with Crippen molar-refractivity contribution >= 4 is 23.3 Å². The van der Waals surface area contributed by atoms with E-state index in [9.17, 15) is 15.3 Å². The quantitative estimate of drug-likeness (QED) is 0.904. The molecule has 1 saturated heterocycles. The molecule has 0 radical (unpaired) electrons. The van der Waals surface area contributed by atoms with Crippen LogP contribution in [0.4, 0.5) is 0 Å². The number of nitrogens with zero attached hydrogens (tertiary/aromatic N) is 3. The first-order valence-electron chi connectivity index (χ1n) is 7.84. The molecule has 2 N–H and O–H groups in total. The van der Waals surface area contributed by atoms with Gasteiger partial charge in [-0.3, -0.25) is 4.79 Å². The molecular weight excluding hydrogens is 332 g/mol. The van der Waals surface area contributed by atoms with E-state index in [4.69, 9.17) is 5.73 Å². The molecule has 5 nitrogen and oxygen atoms in total. The maximum atomic E-state index is 12.3. The van der Waals surface area contributed by atoms with Gasteiger partial charge in [0.15, 0.2) is 5.41 Å². The lowest BCUT2D eigenvalue weighted by molar-refractivity contribution is -0.122. The molecule has 3 heterocycles. The first-order chi connectivity index (χ1) is 12.1. The van der Waals surface area contributed by atoms with Gasteiger partial charge in [0.2, 0.25) is 5.91 Å². The van der Waals surface area contributed by atoms with Gasteiger partial charge >= 0.3 is 0 Å². The monoisotopic (exact) mass is 346 g/mol. The van der Waals surface area contributed by atoms with E-state index in [0.717, 1.165) is 16.0 Å². The van der Waals surface area contributed by atoms with Crippen molar-refractivity contribution in [1.29, 1.82) is 10.5 Å².